The quantitative estimate of drug-likeness (QED) is 0.697. The maximum atomic E-state index is 11.0. The molecule has 0 radical (unpaired) electrons. The van der Waals surface area contributed by atoms with Crippen LogP contribution in [0.3, 0.4) is 0 Å². The van der Waals surface area contributed by atoms with Crippen LogP contribution in [-0.4, -0.2) is 23.9 Å². The first-order valence-corrected chi connectivity index (χ1v) is 7.79. The van der Waals surface area contributed by atoms with Crippen LogP contribution in [0.25, 0.3) is 0 Å². The van der Waals surface area contributed by atoms with Crippen LogP contribution in [0.1, 0.15) is 21.5 Å². The second kappa shape index (κ2) is 7.45. The van der Waals surface area contributed by atoms with Crippen molar-refractivity contribution >= 4 is 17.4 Å². The molecule has 25 heavy (non-hydrogen) atoms. The molecule has 4 nitrogen and oxygen atoms in total. The number of benzene rings is 3. The van der Waals surface area contributed by atoms with Crippen LogP contribution in [0.15, 0.2) is 83.9 Å². The number of ether oxygens (including phenoxy) is 1. The number of nitrogens with zero attached hydrogens (tertiary/aromatic N) is 1. The number of carboxylic acids is 1. The topological polar surface area (TPSA) is 58.9 Å². The molecule has 3 aromatic carbocycles. The Morgan fingerprint density at radius 2 is 1.36 bits per heavy atom. The van der Waals surface area contributed by atoms with Gasteiger partial charge in [0.25, 0.3) is 0 Å². The minimum Gasteiger partial charge on any atom is -0.497 e. The van der Waals surface area contributed by atoms with E-state index in [0.29, 0.717) is 5.69 Å². The Labute approximate surface area is 146 Å². The van der Waals surface area contributed by atoms with Crippen LogP contribution in [0.2, 0.25) is 0 Å². The van der Waals surface area contributed by atoms with Crippen molar-refractivity contribution in [2.45, 2.75) is 0 Å². The predicted octanol–water partition coefficient (Wildman–Crippen LogP) is 4.56. The van der Waals surface area contributed by atoms with E-state index < -0.39 is 5.97 Å². The van der Waals surface area contributed by atoms with E-state index in [-0.39, 0.29) is 5.56 Å². The standard InChI is InChI=1S/C21H17NO3/c1-25-19-13-9-16(10-14-19)20(15-5-3-2-4-6-15)22-18-11-7-17(8-12-18)21(23)24/h2-14H,1H3,(H,23,24). The van der Waals surface area contributed by atoms with E-state index in [4.69, 9.17) is 14.8 Å². The molecule has 1 N–H and O–H groups in total. The van der Waals surface area contributed by atoms with E-state index in [0.717, 1.165) is 22.6 Å². The molecule has 0 amide bonds. The second-order valence-electron chi connectivity index (χ2n) is 5.41. The lowest BCUT2D eigenvalue weighted by atomic mass is 10.0. The Kier molecular flexibility index (Phi) is 4.90. The van der Waals surface area contributed by atoms with Crippen LogP contribution < -0.4 is 4.74 Å². The fourth-order valence-electron chi connectivity index (χ4n) is 2.45. The van der Waals surface area contributed by atoms with Crippen molar-refractivity contribution in [1.29, 1.82) is 0 Å². The molecule has 0 aliphatic carbocycles. The molecule has 0 unspecified atom stereocenters. The normalized spacial score (nSPS) is 11.2. The summed E-state index contributed by atoms with van der Waals surface area (Å²) in [5.74, 6) is -0.170. The highest BCUT2D eigenvalue weighted by Crippen LogP contribution is 2.21. The Morgan fingerprint density at radius 1 is 0.800 bits per heavy atom. The smallest absolute Gasteiger partial charge is 0.335 e. The summed E-state index contributed by atoms with van der Waals surface area (Å²) < 4.78 is 5.21. The number of carbonyl (C=O) groups is 1. The molecule has 0 aliphatic heterocycles. The lowest BCUT2D eigenvalue weighted by molar-refractivity contribution is 0.0697. The molecule has 3 aromatic rings. The molecule has 0 aromatic heterocycles. The zero-order chi connectivity index (χ0) is 17.6. The lowest BCUT2D eigenvalue weighted by Crippen LogP contribution is -2.03. The SMILES string of the molecule is COc1ccc(C(=Nc2ccc(C(=O)O)cc2)c2ccccc2)cc1. The van der Waals surface area contributed by atoms with Crippen molar-refractivity contribution in [3.05, 3.63) is 95.6 Å². The largest absolute Gasteiger partial charge is 0.497 e. The molecule has 0 heterocycles. The van der Waals surface area contributed by atoms with Crippen molar-refractivity contribution in [3.63, 3.8) is 0 Å². The summed E-state index contributed by atoms with van der Waals surface area (Å²) in [6, 6.07) is 24.1. The van der Waals surface area contributed by atoms with E-state index in [1.807, 2.05) is 54.6 Å². The van der Waals surface area contributed by atoms with Gasteiger partial charge in [-0.2, -0.15) is 0 Å². The number of hydrogen-bond donors (Lipinski definition) is 1. The Balaban J connectivity index is 2.05. The number of hydrogen-bond acceptors (Lipinski definition) is 3. The maximum absolute atomic E-state index is 11.0. The fraction of sp³-hybridized carbons (Fsp3) is 0.0476. The third kappa shape index (κ3) is 3.93. The van der Waals surface area contributed by atoms with E-state index in [9.17, 15) is 4.79 Å². The van der Waals surface area contributed by atoms with Crippen LogP contribution in [0.5, 0.6) is 5.75 Å². The third-order valence-electron chi connectivity index (χ3n) is 3.77. The monoisotopic (exact) mass is 331 g/mol. The van der Waals surface area contributed by atoms with Gasteiger partial charge in [0.15, 0.2) is 0 Å². The van der Waals surface area contributed by atoms with Gasteiger partial charge >= 0.3 is 5.97 Å². The number of methoxy groups -OCH3 is 1. The van der Waals surface area contributed by atoms with Crippen molar-refractivity contribution in [2.75, 3.05) is 7.11 Å². The van der Waals surface area contributed by atoms with Crippen molar-refractivity contribution in [2.24, 2.45) is 4.99 Å². The molecule has 4 heteroatoms. The molecular formula is C21H17NO3. The first kappa shape index (κ1) is 16.5. The number of aliphatic imine (C=N–C) groups is 1. The minimum absolute atomic E-state index is 0.240. The predicted molar refractivity (Wildman–Crippen MR) is 98.1 cm³/mol. The van der Waals surface area contributed by atoms with Gasteiger partial charge in [0.05, 0.1) is 24.1 Å². The van der Waals surface area contributed by atoms with Crippen molar-refractivity contribution < 1.29 is 14.6 Å². The van der Waals surface area contributed by atoms with E-state index in [1.165, 1.54) is 0 Å². The van der Waals surface area contributed by atoms with Gasteiger partial charge in [-0.05, 0) is 48.5 Å². The first-order valence-electron chi connectivity index (χ1n) is 7.79. The van der Waals surface area contributed by atoms with Crippen LogP contribution in [0.4, 0.5) is 5.69 Å². The number of carboxylic acid groups (broad SMARTS) is 1. The Hall–Kier alpha value is -3.40. The van der Waals surface area contributed by atoms with Gasteiger partial charge in [0.2, 0.25) is 0 Å². The van der Waals surface area contributed by atoms with E-state index >= 15 is 0 Å². The zero-order valence-corrected chi connectivity index (χ0v) is 13.7. The zero-order valence-electron chi connectivity index (χ0n) is 13.7. The summed E-state index contributed by atoms with van der Waals surface area (Å²) in [5, 5.41) is 9.02. The van der Waals surface area contributed by atoms with Crippen LogP contribution in [-0.2, 0) is 0 Å². The van der Waals surface area contributed by atoms with E-state index in [1.54, 1.807) is 31.4 Å². The van der Waals surface area contributed by atoms with Gasteiger partial charge in [-0.15, -0.1) is 0 Å². The molecule has 0 bridgehead atoms. The number of aromatic carboxylic acids is 1. The fourth-order valence-corrected chi connectivity index (χ4v) is 2.45. The first-order chi connectivity index (χ1) is 12.2. The molecule has 0 saturated carbocycles. The molecule has 0 aliphatic rings. The van der Waals surface area contributed by atoms with Crippen molar-refractivity contribution in [1.82, 2.24) is 0 Å². The average Bonchev–Trinajstić information content (AvgIpc) is 2.67. The Bertz CT molecular complexity index is 883. The summed E-state index contributed by atoms with van der Waals surface area (Å²) in [6.45, 7) is 0. The summed E-state index contributed by atoms with van der Waals surface area (Å²) >= 11 is 0. The van der Waals surface area contributed by atoms with Gasteiger partial charge < -0.3 is 9.84 Å². The van der Waals surface area contributed by atoms with Crippen molar-refractivity contribution in [3.8, 4) is 5.75 Å². The van der Waals surface area contributed by atoms with E-state index in [2.05, 4.69) is 0 Å². The molecule has 0 spiro atoms. The molecule has 0 atom stereocenters. The minimum atomic E-state index is -0.950. The molecule has 0 saturated heterocycles. The molecule has 0 fully saturated rings. The average molecular weight is 331 g/mol. The summed E-state index contributed by atoms with van der Waals surface area (Å²) in [5.41, 5.74) is 3.68. The molecule has 3 rings (SSSR count). The lowest BCUT2D eigenvalue weighted by Gasteiger charge is -2.09. The van der Waals surface area contributed by atoms with Gasteiger partial charge in [0, 0.05) is 11.1 Å². The molecular weight excluding hydrogens is 314 g/mol. The van der Waals surface area contributed by atoms with Crippen LogP contribution >= 0.6 is 0 Å². The molecule has 124 valence electrons. The number of rotatable bonds is 5. The highest BCUT2D eigenvalue weighted by Gasteiger charge is 2.08. The van der Waals surface area contributed by atoms with Gasteiger partial charge in [-0.1, -0.05) is 30.3 Å². The van der Waals surface area contributed by atoms with Gasteiger partial charge in [-0.3, -0.25) is 0 Å². The van der Waals surface area contributed by atoms with Crippen LogP contribution in [0, 0.1) is 0 Å². The highest BCUT2D eigenvalue weighted by molar-refractivity contribution is 6.14. The maximum Gasteiger partial charge on any atom is 0.335 e. The Morgan fingerprint density at radius 3 is 1.92 bits per heavy atom. The van der Waals surface area contributed by atoms with Gasteiger partial charge in [-0.25, -0.2) is 9.79 Å². The summed E-state index contributed by atoms with van der Waals surface area (Å²) in [4.78, 5) is 15.7. The highest BCUT2D eigenvalue weighted by atomic mass is 16.5. The summed E-state index contributed by atoms with van der Waals surface area (Å²) in [6.07, 6.45) is 0. The second-order valence-corrected chi connectivity index (χ2v) is 5.41. The summed E-state index contributed by atoms with van der Waals surface area (Å²) in [7, 11) is 1.63. The third-order valence-corrected chi connectivity index (χ3v) is 3.77. The van der Waals surface area contributed by atoms with Gasteiger partial charge in [0.1, 0.15) is 5.75 Å².